The highest BCUT2D eigenvalue weighted by molar-refractivity contribution is 5.79. The average molecular weight is 381 g/mol. The van der Waals surface area contributed by atoms with E-state index in [-0.39, 0.29) is 11.5 Å². The van der Waals surface area contributed by atoms with Crippen LogP contribution < -0.4 is 20.1 Å². The number of hydrogen-bond donors (Lipinski definition) is 2. The molecule has 0 aliphatic rings. The first kappa shape index (κ1) is 20.4. The maximum absolute atomic E-state index is 12.3. The quantitative estimate of drug-likeness (QED) is 0.569. The minimum absolute atomic E-state index is 0.0464. The number of aliphatic imine (C=N–C) groups is 1. The molecule has 0 aromatic heterocycles. The number of hydrogen-bond acceptors (Lipinski definition) is 3. The summed E-state index contributed by atoms with van der Waals surface area (Å²) >= 11 is 0. The van der Waals surface area contributed by atoms with Gasteiger partial charge in [-0.1, -0.05) is 36.4 Å². The van der Waals surface area contributed by atoms with Crippen molar-refractivity contribution in [2.45, 2.75) is 19.3 Å². The molecule has 146 valence electrons. The number of nitrogens with one attached hydrogen (secondary N) is 2. The number of methoxy groups -OCH3 is 1. The van der Waals surface area contributed by atoms with Crippen molar-refractivity contribution in [2.24, 2.45) is 4.99 Å². The Hall–Kier alpha value is -2.90. The standard InChI is InChI=1S/C19H22F3N3O2/c1-23-18(24-11-14-6-4-3-5-7-14)25-12-15-8-9-16(17(10-15)26-2)27-13-19(20,21)22/h3-10H,11-13H2,1-2H3,(H2,23,24,25). The lowest BCUT2D eigenvalue weighted by atomic mass is 10.2. The summed E-state index contributed by atoms with van der Waals surface area (Å²) in [6.45, 7) is -0.324. The van der Waals surface area contributed by atoms with Crippen molar-refractivity contribution in [1.82, 2.24) is 10.6 Å². The van der Waals surface area contributed by atoms with Gasteiger partial charge in [-0.15, -0.1) is 0 Å². The molecule has 2 aromatic carbocycles. The number of rotatable bonds is 7. The molecule has 0 fully saturated rings. The lowest BCUT2D eigenvalue weighted by Gasteiger charge is -2.15. The number of ether oxygens (including phenoxy) is 2. The van der Waals surface area contributed by atoms with Gasteiger partial charge in [-0.25, -0.2) is 0 Å². The third-order valence-electron chi connectivity index (χ3n) is 3.61. The van der Waals surface area contributed by atoms with Crippen LogP contribution in [0, 0.1) is 0 Å². The Bertz CT molecular complexity index is 750. The van der Waals surface area contributed by atoms with Gasteiger partial charge in [0, 0.05) is 20.1 Å². The molecule has 0 saturated heterocycles. The van der Waals surface area contributed by atoms with Gasteiger partial charge in [0.05, 0.1) is 7.11 Å². The summed E-state index contributed by atoms with van der Waals surface area (Å²) in [5.41, 5.74) is 1.93. The Morgan fingerprint density at radius 3 is 2.22 bits per heavy atom. The normalized spacial score (nSPS) is 11.8. The first-order valence-electron chi connectivity index (χ1n) is 8.26. The van der Waals surface area contributed by atoms with Gasteiger partial charge in [0.1, 0.15) is 0 Å². The molecule has 2 aromatic rings. The van der Waals surface area contributed by atoms with Crippen LogP contribution in [0.5, 0.6) is 11.5 Å². The predicted molar refractivity (Wildman–Crippen MR) is 98.0 cm³/mol. The molecule has 0 bridgehead atoms. The lowest BCUT2D eigenvalue weighted by Crippen LogP contribution is -2.36. The Kier molecular flexibility index (Phi) is 7.34. The monoisotopic (exact) mass is 381 g/mol. The van der Waals surface area contributed by atoms with Gasteiger partial charge in [0.25, 0.3) is 0 Å². The minimum atomic E-state index is -4.40. The lowest BCUT2D eigenvalue weighted by molar-refractivity contribution is -0.153. The van der Waals surface area contributed by atoms with Gasteiger partial charge in [0.15, 0.2) is 24.1 Å². The Balaban J connectivity index is 1.92. The molecule has 0 heterocycles. The smallest absolute Gasteiger partial charge is 0.422 e. The second kappa shape index (κ2) is 9.70. The van der Waals surface area contributed by atoms with E-state index < -0.39 is 12.8 Å². The zero-order chi connectivity index (χ0) is 19.7. The number of alkyl halides is 3. The highest BCUT2D eigenvalue weighted by Gasteiger charge is 2.29. The van der Waals surface area contributed by atoms with Crippen LogP contribution in [0.4, 0.5) is 13.2 Å². The van der Waals surface area contributed by atoms with Gasteiger partial charge in [-0.3, -0.25) is 4.99 Å². The van der Waals surface area contributed by atoms with Crippen molar-refractivity contribution < 1.29 is 22.6 Å². The molecule has 0 saturated carbocycles. The first-order chi connectivity index (χ1) is 12.9. The van der Waals surface area contributed by atoms with Gasteiger partial charge in [0.2, 0.25) is 0 Å². The summed E-state index contributed by atoms with van der Waals surface area (Å²) in [4.78, 5) is 4.15. The second-order valence-electron chi connectivity index (χ2n) is 5.65. The van der Waals surface area contributed by atoms with Gasteiger partial charge in [-0.05, 0) is 23.3 Å². The van der Waals surface area contributed by atoms with E-state index >= 15 is 0 Å². The molecule has 2 rings (SSSR count). The van der Waals surface area contributed by atoms with E-state index in [1.54, 1.807) is 19.2 Å². The fourth-order valence-electron chi connectivity index (χ4n) is 2.29. The number of halogens is 3. The van der Waals surface area contributed by atoms with Crippen molar-refractivity contribution in [2.75, 3.05) is 20.8 Å². The fraction of sp³-hybridized carbons (Fsp3) is 0.316. The Morgan fingerprint density at radius 1 is 0.963 bits per heavy atom. The molecule has 0 amide bonds. The van der Waals surface area contributed by atoms with Crippen LogP contribution in [0.3, 0.4) is 0 Å². The summed E-state index contributed by atoms with van der Waals surface area (Å²) in [7, 11) is 3.04. The van der Waals surface area contributed by atoms with Crippen LogP contribution in [0.15, 0.2) is 53.5 Å². The molecule has 27 heavy (non-hydrogen) atoms. The first-order valence-corrected chi connectivity index (χ1v) is 8.26. The summed E-state index contributed by atoms with van der Waals surface area (Å²) in [5.74, 6) is 0.895. The van der Waals surface area contributed by atoms with Crippen LogP contribution >= 0.6 is 0 Å². The maximum atomic E-state index is 12.3. The summed E-state index contributed by atoms with van der Waals surface area (Å²) in [5, 5.41) is 6.34. The number of guanidine groups is 1. The van der Waals surface area contributed by atoms with Crippen LogP contribution in [0.2, 0.25) is 0 Å². The van der Waals surface area contributed by atoms with Crippen LogP contribution in [0.1, 0.15) is 11.1 Å². The van der Waals surface area contributed by atoms with Gasteiger partial charge >= 0.3 is 6.18 Å². The molecule has 5 nitrogen and oxygen atoms in total. The van der Waals surface area contributed by atoms with E-state index in [2.05, 4.69) is 15.6 Å². The largest absolute Gasteiger partial charge is 0.493 e. The van der Waals surface area contributed by atoms with Crippen LogP contribution in [-0.2, 0) is 13.1 Å². The summed E-state index contributed by atoms with van der Waals surface area (Å²) in [6.07, 6.45) is -4.40. The van der Waals surface area contributed by atoms with Crippen molar-refractivity contribution >= 4 is 5.96 Å². The molecule has 0 unspecified atom stereocenters. The van der Waals surface area contributed by atoms with Crippen molar-refractivity contribution in [3.05, 3.63) is 59.7 Å². The van der Waals surface area contributed by atoms with E-state index in [9.17, 15) is 13.2 Å². The Morgan fingerprint density at radius 2 is 1.63 bits per heavy atom. The highest BCUT2D eigenvalue weighted by Crippen LogP contribution is 2.29. The molecule has 8 heteroatoms. The molecular weight excluding hydrogens is 359 g/mol. The minimum Gasteiger partial charge on any atom is -0.493 e. The second-order valence-corrected chi connectivity index (χ2v) is 5.65. The van der Waals surface area contributed by atoms with Gasteiger partial charge < -0.3 is 20.1 Å². The topological polar surface area (TPSA) is 54.9 Å². The summed E-state index contributed by atoms with van der Waals surface area (Å²) < 4.78 is 46.8. The SMILES string of the molecule is CN=C(NCc1ccccc1)NCc1ccc(OCC(F)(F)F)c(OC)c1. The molecule has 0 atom stereocenters. The molecule has 2 N–H and O–H groups in total. The predicted octanol–water partition coefficient (Wildman–Crippen LogP) is 3.50. The number of nitrogens with zero attached hydrogens (tertiary/aromatic N) is 1. The Labute approximate surface area is 156 Å². The van der Waals surface area contributed by atoms with Gasteiger partial charge in [-0.2, -0.15) is 13.2 Å². The maximum Gasteiger partial charge on any atom is 0.422 e. The van der Waals surface area contributed by atoms with E-state index in [0.717, 1.165) is 11.1 Å². The van der Waals surface area contributed by atoms with Crippen molar-refractivity contribution in [3.63, 3.8) is 0 Å². The number of benzene rings is 2. The van der Waals surface area contributed by atoms with Crippen LogP contribution in [0.25, 0.3) is 0 Å². The van der Waals surface area contributed by atoms with Crippen LogP contribution in [-0.4, -0.2) is 32.9 Å². The molecule has 0 spiro atoms. The molecule has 0 aliphatic carbocycles. The third-order valence-corrected chi connectivity index (χ3v) is 3.61. The van der Waals surface area contributed by atoms with E-state index in [1.165, 1.54) is 13.2 Å². The van der Waals surface area contributed by atoms with E-state index in [0.29, 0.717) is 19.0 Å². The van der Waals surface area contributed by atoms with Crippen molar-refractivity contribution in [3.8, 4) is 11.5 Å². The summed E-state index contributed by atoms with van der Waals surface area (Å²) in [6, 6.07) is 14.6. The zero-order valence-corrected chi connectivity index (χ0v) is 15.1. The highest BCUT2D eigenvalue weighted by atomic mass is 19.4. The zero-order valence-electron chi connectivity index (χ0n) is 15.1. The van der Waals surface area contributed by atoms with E-state index in [4.69, 9.17) is 9.47 Å². The van der Waals surface area contributed by atoms with E-state index in [1.807, 2.05) is 30.3 Å². The fourth-order valence-corrected chi connectivity index (χ4v) is 2.29. The molecular formula is C19H22F3N3O2. The van der Waals surface area contributed by atoms with Crippen molar-refractivity contribution in [1.29, 1.82) is 0 Å². The third kappa shape index (κ3) is 7.08. The molecule has 0 aliphatic heterocycles. The average Bonchev–Trinajstić information content (AvgIpc) is 2.67. The molecule has 0 radical (unpaired) electrons.